The van der Waals surface area contributed by atoms with Crippen LogP contribution in [0.25, 0.3) is 0 Å². The van der Waals surface area contributed by atoms with Crippen molar-refractivity contribution < 1.29 is 12.8 Å². The number of fused-ring (bicyclic) bond motifs is 3. The molecule has 0 unspecified atom stereocenters. The zero-order chi connectivity index (χ0) is 17.6. The van der Waals surface area contributed by atoms with Crippen LogP contribution >= 0.6 is 0 Å². The van der Waals surface area contributed by atoms with Crippen LogP contribution in [0.2, 0.25) is 0 Å². The number of halogens is 1. The van der Waals surface area contributed by atoms with Gasteiger partial charge >= 0.3 is 0 Å². The maximum Gasteiger partial charge on any atom is 0.206 e. The van der Waals surface area contributed by atoms with Gasteiger partial charge in [-0.05, 0) is 81.0 Å². The number of likely N-dealkylation sites (tertiary alicyclic amines) is 1. The molecule has 6 heteroatoms. The number of hydrogen-bond donors (Lipinski definition) is 1. The smallest absolute Gasteiger partial charge is 0.206 e. The van der Waals surface area contributed by atoms with Gasteiger partial charge in [-0.25, -0.2) is 12.8 Å². The van der Waals surface area contributed by atoms with E-state index in [1.807, 2.05) is 6.07 Å². The van der Waals surface area contributed by atoms with E-state index >= 15 is 0 Å². The molecule has 0 amide bonds. The van der Waals surface area contributed by atoms with E-state index in [1.165, 1.54) is 24.3 Å². The number of benzene rings is 2. The summed E-state index contributed by atoms with van der Waals surface area (Å²) in [4.78, 5) is 2.72. The molecule has 2 atom stereocenters. The Morgan fingerprint density at radius 1 is 1.04 bits per heavy atom. The monoisotopic (exact) mass is 360 g/mol. The highest BCUT2D eigenvalue weighted by Gasteiger charge is 2.34. The van der Waals surface area contributed by atoms with Gasteiger partial charge in [-0.1, -0.05) is 0 Å². The lowest BCUT2D eigenvalue weighted by Crippen LogP contribution is -2.22. The molecule has 1 N–H and O–H groups in total. The molecule has 0 aromatic heterocycles. The lowest BCUT2D eigenvalue weighted by atomic mass is 9.91. The lowest BCUT2D eigenvalue weighted by molar-refractivity contribution is 0.346. The summed E-state index contributed by atoms with van der Waals surface area (Å²) in [5.41, 5.74) is 2.13. The summed E-state index contributed by atoms with van der Waals surface area (Å²) in [5, 5.41) is 3.55. The third kappa shape index (κ3) is 2.93. The van der Waals surface area contributed by atoms with Gasteiger partial charge in [0, 0.05) is 17.6 Å². The zero-order valence-corrected chi connectivity index (χ0v) is 14.9. The minimum Gasteiger partial charge on any atom is -0.381 e. The molecule has 0 saturated carbocycles. The van der Waals surface area contributed by atoms with E-state index in [2.05, 4.69) is 17.3 Å². The summed E-state index contributed by atoms with van der Waals surface area (Å²) in [7, 11) is -1.52. The van der Waals surface area contributed by atoms with Crippen LogP contribution in [0.1, 0.15) is 24.3 Å². The molecule has 2 heterocycles. The lowest BCUT2D eigenvalue weighted by Gasteiger charge is -2.16. The number of anilines is 1. The summed E-state index contributed by atoms with van der Waals surface area (Å²) in [6.45, 7) is 2.06. The Kier molecular flexibility index (Phi) is 4.04. The number of nitrogens with one attached hydrogen (secondary N) is 1. The third-order valence-electron chi connectivity index (χ3n) is 5.33. The largest absolute Gasteiger partial charge is 0.381 e. The van der Waals surface area contributed by atoms with E-state index in [0.717, 1.165) is 37.2 Å². The summed E-state index contributed by atoms with van der Waals surface area (Å²) in [5.74, 6) is -0.106. The zero-order valence-electron chi connectivity index (χ0n) is 14.1. The average molecular weight is 360 g/mol. The quantitative estimate of drug-likeness (QED) is 0.835. The van der Waals surface area contributed by atoms with Gasteiger partial charge in [0.25, 0.3) is 0 Å². The summed E-state index contributed by atoms with van der Waals surface area (Å²) in [6, 6.07) is 10.7. The van der Waals surface area contributed by atoms with E-state index in [0.29, 0.717) is 12.0 Å². The second kappa shape index (κ2) is 6.11. The maximum atomic E-state index is 13.1. The van der Waals surface area contributed by atoms with Gasteiger partial charge in [0.1, 0.15) is 5.82 Å². The molecule has 132 valence electrons. The highest BCUT2D eigenvalue weighted by molar-refractivity contribution is 7.91. The molecule has 1 saturated heterocycles. The summed E-state index contributed by atoms with van der Waals surface area (Å²) < 4.78 is 38.9. The fraction of sp³-hybridized carbons (Fsp3) is 0.368. The summed E-state index contributed by atoms with van der Waals surface area (Å²) in [6.07, 6.45) is 2.07. The molecule has 0 aliphatic carbocycles. The Labute approximate surface area is 147 Å². The highest BCUT2D eigenvalue weighted by Crippen LogP contribution is 2.42. The molecule has 4 rings (SSSR count). The molecule has 4 nitrogen and oxygen atoms in total. The molecule has 0 radical (unpaired) electrons. The maximum absolute atomic E-state index is 13.1. The van der Waals surface area contributed by atoms with Gasteiger partial charge in [-0.3, -0.25) is 0 Å². The number of hydrogen-bond acceptors (Lipinski definition) is 4. The Balaban J connectivity index is 1.71. The van der Waals surface area contributed by atoms with Crippen LogP contribution in [0.4, 0.5) is 10.1 Å². The molecular formula is C19H21FN2O2S. The normalized spacial score (nSPS) is 23.4. The predicted octanol–water partition coefficient (Wildman–Crippen LogP) is 3.26. The second-order valence-electron chi connectivity index (χ2n) is 6.94. The van der Waals surface area contributed by atoms with Crippen molar-refractivity contribution >= 4 is 15.5 Å². The first-order valence-corrected chi connectivity index (χ1v) is 10.0. The Morgan fingerprint density at radius 2 is 1.72 bits per heavy atom. The molecule has 2 aliphatic rings. The second-order valence-corrected chi connectivity index (χ2v) is 8.89. The topological polar surface area (TPSA) is 49.4 Å². The fourth-order valence-electron chi connectivity index (χ4n) is 3.87. The van der Waals surface area contributed by atoms with Crippen LogP contribution < -0.4 is 5.32 Å². The van der Waals surface area contributed by atoms with Crippen molar-refractivity contribution in [2.75, 3.05) is 25.5 Å². The van der Waals surface area contributed by atoms with Crippen molar-refractivity contribution in [1.29, 1.82) is 0 Å². The van der Waals surface area contributed by atoms with Gasteiger partial charge in [0.15, 0.2) is 0 Å². The fourth-order valence-corrected chi connectivity index (χ4v) is 5.17. The Bertz CT molecular complexity index is 896. The van der Waals surface area contributed by atoms with Crippen molar-refractivity contribution in [3.63, 3.8) is 0 Å². The molecule has 25 heavy (non-hydrogen) atoms. The predicted molar refractivity (Wildman–Crippen MR) is 95.2 cm³/mol. The van der Waals surface area contributed by atoms with Crippen molar-refractivity contribution in [2.24, 2.45) is 0 Å². The average Bonchev–Trinajstić information content (AvgIpc) is 2.84. The van der Waals surface area contributed by atoms with Crippen molar-refractivity contribution in [1.82, 2.24) is 4.90 Å². The van der Waals surface area contributed by atoms with Crippen LogP contribution in [0.15, 0.2) is 52.3 Å². The van der Waals surface area contributed by atoms with E-state index < -0.39 is 15.7 Å². The van der Waals surface area contributed by atoms with Gasteiger partial charge in [0.2, 0.25) is 9.84 Å². The SMILES string of the molecule is CN1CC[C@H]2Nc3ccc(S(=O)(=O)c4ccc(F)cc4)cc3[C@@H]2CC1. The van der Waals surface area contributed by atoms with E-state index in [-0.39, 0.29) is 9.79 Å². The Morgan fingerprint density at radius 3 is 2.48 bits per heavy atom. The first-order valence-electron chi connectivity index (χ1n) is 8.55. The van der Waals surface area contributed by atoms with Crippen molar-refractivity contribution in [2.45, 2.75) is 34.6 Å². The summed E-state index contributed by atoms with van der Waals surface area (Å²) >= 11 is 0. The van der Waals surface area contributed by atoms with E-state index in [4.69, 9.17) is 0 Å². The molecule has 2 aromatic carbocycles. The van der Waals surface area contributed by atoms with Crippen LogP contribution in [0.3, 0.4) is 0 Å². The van der Waals surface area contributed by atoms with Crippen molar-refractivity contribution in [3.05, 3.63) is 53.8 Å². The third-order valence-corrected chi connectivity index (χ3v) is 7.09. The van der Waals surface area contributed by atoms with Crippen molar-refractivity contribution in [3.8, 4) is 0 Å². The van der Waals surface area contributed by atoms with Crippen LogP contribution in [0, 0.1) is 5.82 Å². The molecule has 0 bridgehead atoms. The molecule has 0 spiro atoms. The van der Waals surface area contributed by atoms with Crippen LogP contribution in [-0.2, 0) is 9.84 Å². The Hall–Kier alpha value is -1.92. The standard InChI is InChI=1S/C19H21FN2O2S/c1-22-10-8-16-17-12-15(6-7-18(17)21-19(16)9-11-22)25(23,24)14-4-2-13(20)3-5-14/h2-7,12,16,19,21H,8-11H2,1H3/t16-,19+/m0/s1. The van der Waals surface area contributed by atoms with Gasteiger partial charge in [-0.2, -0.15) is 0 Å². The number of sulfone groups is 1. The molecule has 1 fully saturated rings. The first kappa shape index (κ1) is 16.5. The molecule has 2 aliphatic heterocycles. The van der Waals surface area contributed by atoms with Gasteiger partial charge in [0.05, 0.1) is 9.79 Å². The van der Waals surface area contributed by atoms with Gasteiger partial charge < -0.3 is 10.2 Å². The molecular weight excluding hydrogens is 339 g/mol. The van der Waals surface area contributed by atoms with E-state index in [1.54, 1.807) is 12.1 Å². The number of nitrogens with zero attached hydrogens (tertiary/aromatic N) is 1. The minimum atomic E-state index is -3.64. The first-order chi connectivity index (χ1) is 11.9. The van der Waals surface area contributed by atoms with E-state index in [9.17, 15) is 12.8 Å². The molecule has 2 aromatic rings. The van der Waals surface area contributed by atoms with Crippen LogP contribution in [0.5, 0.6) is 0 Å². The minimum absolute atomic E-state index is 0.122. The van der Waals surface area contributed by atoms with Crippen LogP contribution in [-0.4, -0.2) is 39.5 Å². The number of rotatable bonds is 2. The van der Waals surface area contributed by atoms with Gasteiger partial charge in [-0.15, -0.1) is 0 Å². The highest BCUT2D eigenvalue weighted by atomic mass is 32.2.